The number of nitrogens with two attached hydrogens (primary N) is 1. The summed E-state index contributed by atoms with van der Waals surface area (Å²) in [5.41, 5.74) is 4.04. The molecule has 0 aliphatic heterocycles. The monoisotopic (exact) mass is 266 g/mol. The van der Waals surface area contributed by atoms with E-state index in [2.05, 4.69) is 10.1 Å². The fourth-order valence-corrected chi connectivity index (χ4v) is 1.64. The number of hydrogen-bond donors (Lipinski definition) is 3. The van der Waals surface area contributed by atoms with Crippen LogP contribution in [0, 0.1) is 0 Å². The maximum Gasteiger partial charge on any atom is 0.359 e. The fraction of sp³-hybridized carbons (Fsp3) is 0.385. The zero-order valence-corrected chi connectivity index (χ0v) is 10.8. The minimum absolute atomic E-state index is 0.00935. The molecule has 19 heavy (non-hydrogen) atoms. The lowest BCUT2D eigenvalue weighted by Gasteiger charge is -2.26. The maximum absolute atomic E-state index is 11.6. The van der Waals surface area contributed by atoms with Crippen LogP contribution in [0.2, 0.25) is 0 Å². The largest absolute Gasteiger partial charge is 0.465 e. The van der Waals surface area contributed by atoms with Gasteiger partial charge in [0, 0.05) is 6.42 Å². The number of carbonyl (C=O) groups is 2. The van der Waals surface area contributed by atoms with Crippen molar-refractivity contribution in [2.24, 2.45) is 5.73 Å². The lowest BCUT2D eigenvalue weighted by molar-refractivity contribution is -0.169. The second kappa shape index (κ2) is 6.86. The first-order chi connectivity index (χ1) is 9.01. The van der Waals surface area contributed by atoms with E-state index in [0.717, 1.165) is 12.7 Å². The number of nitrogens with one attached hydrogen (secondary N) is 1. The van der Waals surface area contributed by atoms with Gasteiger partial charge in [0.2, 0.25) is 11.6 Å². The first-order valence-electron chi connectivity index (χ1n) is 5.87. The molecule has 0 heterocycles. The van der Waals surface area contributed by atoms with Crippen molar-refractivity contribution in [2.75, 3.05) is 13.7 Å². The fourth-order valence-electron chi connectivity index (χ4n) is 1.64. The molecule has 0 unspecified atom stereocenters. The van der Waals surface area contributed by atoms with Gasteiger partial charge in [0.05, 0.1) is 13.7 Å². The number of methoxy groups -OCH3 is 1. The molecular formula is C13H18N2O4. The summed E-state index contributed by atoms with van der Waals surface area (Å²) in [6.45, 7) is -0.315. The number of hydrogen-bond acceptors (Lipinski definition) is 5. The van der Waals surface area contributed by atoms with Crippen LogP contribution >= 0.6 is 0 Å². The predicted molar refractivity (Wildman–Crippen MR) is 68.9 cm³/mol. The van der Waals surface area contributed by atoms with Crippen molar-refractivity contribution in [2.45, 2.75) is 18.6 Å². The van der Waals surface area contributed by atoms with Crippen molar-refractivity contribution in [1.82, 2.24) is 5.32 Å². The summed E-state index contributed by atoms with van der Waals surface area (Å²) in [5, 5.41) is 12.4. The molecule has 0 spiro atoms. The van der Waals surface area contributed by atoms with Gasteiger partial charge in [0.1, 0.15) is 0 Å². The van der Waals surface area contributed by atoms with E-state index in [1.54, 1.807) is 0 Å². The van der Waals surface area contributed by atoms with Crippen LogP contribution in [0.4, 0.5) is 0 Å². The van der Waals surface area contributed by atoms with E-state index < -0.39 is 17.6 Å². The van der Waals surface area contributed by atoms with Gasteiger partial charge in [-0.05, 0) is 12.0 Å². The first kappa shape index (κ1) is 15.1. The summed E-state index contributed by atoms with van der Waals surface area (Å²) in [7, 11) is 1.14. The minimum Gasteiger partial charge on any atom is -0.465 e. The number of amides is 1. The standard InChI is InChI=1S/C13H18N2O4/c1-19-12(17)13(18,15-11(16)9-14)8-7-10-5-3-2-4-6-10/h2-6,18H,7-9,14H2,1H3,(H,15,16)/t13-/m0/s1. The van der Waals surface area contributed by atoms with Crippen LogP contribution in [0.25, 0.3) is 0 Å². The van der Waals surface area contributed by atoms with Gasteiger partial charge in [-0.3, -0.25) is 4.79 Å². The highest BCUT2D eigenvalue weighted by molar-refractivity contribution is 5.87. The second-order valence-corrected chi connectivity index (χ2v) is 4.09. The quantitative estimate of drug-likeness (QED) is 0.478. The van der Waals surface area contributed by atoms with E-state index in [9.17, 15) is 14.7 Å². The van der Waals surface area contributed by atoms with Crippen molar-refractivity contribution in [1.29, 1.82) is 0 Å². The number of benzene rings is 1. The Labute approximate surface area is 111 Å². The molecule has 1 amide bonds. The first-order valence-corrected chi connectivity index (χ1v) is 5.87. The van der Waals surface area contributed by atoms with Gasteiger partial charge in [0.25, 0.3) is 0 Å². The van der Waals surface area contributed by atoms with E-state index in [-0.39, 0.29) is 13.0 Å². The lowest BCUT2D eigenvalue weighted by atomic mass is 10.0. The van der Waals surface area contributed by atoms with Gasteiger partial charge < -0.3 is 20.9 Å². The molecule has 1 aromatic carbocycles. The summed E-state index contributed by atoms with van der Waals surface area (Å²) in [6, 6.07) is 9.30. The van der Waals surface area contributed by atoms with Crippen LogP contribution in [-0.2, 0) is 20.7 Å². The Morgan fingerprint density at radius 3 is 2.53 bits per heavy atom. The number of aliphatic hydroxyl groups is 1. The van der Waals surface area contributed by atoms with E-state index in [4.69, 9.17) is 5.73 Å². The van der Waals surface area contributed by atoms with E-state index in [1.807, 2.05) is 30.3 Å². The smallest absolute Gasteiger partial charge is 0.359 e. The number of carbonyl (C=O) groups excluding carboxylic acids is 2. The lowest BCUT2D eigenvalue weighted by Crippen LogP contribution is -2.56. The van der Waals surface area contributed by atoms with Crippen molar-refractivity contribution < 1.29 is 19.4 Å². The Morgan fingerprint density at radius 2 is 2.00 bits per heavy atom. The van der Waals surface area contributed by atoms with Crippen LogP contribution in [0.3, 0.4) is 0 Å². The third kappa shape index (κ3) is 4.35. The van der Waals surface area contributed by atoms with Crippen LogP contribution in [0.15, 0.2) is 30.3 Å². The molecule has 0 aliphatic rings. The molecular weight excluding hydrogens is 248 g/mol. The molecule has 4 N–H and O–H groups in total. The van der Waals surface area contributed by atoms with Gasteiger partial charge in [-0.25, -0.2) is 4.79 Å². The molecule has 0 fully saturated rings. The summed E-state index contributed by atoms with van der Waals surface area (Å²) in [6.07, 6.45) is 0.423. The Morgan fingerprint density at radius 1 is 1.37 bits per heavy atom. The van der Waals surface area contributed by atoms with Gasteiger partial charge in [-0.1, -0.05) is 30.3 Å². The van der Waals surface area contributed by atoms with Crippen LogP contribution in [-0.4, -0.2) is 36.4 Å². The van der Waals surface area contributed by atoms with Crippen LogP contribution in [0.1, 0.15) is 12.0 Å². The summed E-state index contributed by atoms with van der Waals surface area (Å²) < 4.78 is 4.50. The molecule has 0 bridgehead atoms. The third-order valence-corrected chi connectivity index (χ3v) is 2.67. The van der Waals surface area contributed by atoms with E-state index in [1.165, 1.54) is 0 Å². The SMILES string of the molecule is COC(=O)[C@@](O)(CCc1ccccc1)NC(=O)CN. The van der Waals surface area contributed by atoms with E-state index in [0.29, 0.717) is 6.42 Å². The maximum atomic E-state index is 11.6. The molecule has 104 valence electrons. The highest BCUT2D eigenvalue weighted by Gasteiger charge is 2.38. The van der Waals surface area contributed by atoms with Gasteiger partial charge >= 0.3 is 5.97 Å². The number of esters is 1. The summed E-state index contributed by atoms with van der Waals surface area (Å²) in [4.78, 5) is 22.8. The minimum atomic E-state index is -2.05. The average molecular weight is 266 g/mol. The zero-order valence-electron chi connectivity index (χ0n) is 10.8. The Kier molecular flexibility index (Phi) is 5.47. The molecule has 0 saturated carbocycles. The topological polar surface area (TPSA) is 102 Å². The average Bonchev–Trinajstić information content (AvgIpc) is 2.45. The molecule has 1 rings (SSSR count). The second-order valence-electron chi connectivity index (χ2n) is 4.09. The summed E-state index contributed by atoms with van der Waals surface area (Å²) in [5.74, 6) is -1.54. The third-order valence-electron chi connectivity index (χ3n) is 2.67. The number of rotatable bonds is 6. The van der Waals surface area contributed by atoms with Crippen molar-refractivity contribution in [3.63, 3.8) is 0 Å². The van der Waals surface area contributed by atoms with Gasteiger partial charge in [-0.15, -0.1) is 0 Å². The van der Waals surface area contributed by atoms with Crippen LogP contribution < -0.4 is 11.1 Å². The number of ether oxygens (including phenoxy) is 1. The van der Waals surface area contributed by atoms with Crippen LogP contribution in [0.5, 0.6) is 0 Å². The zero-order chi connectivity index (χ0) is 14.3. The molecule has 0 saturated heterocycles. The summed E-state index contributed by atoms with van der Waals surface area (Å²) >= 11 is 0. The molecule has 0 aliphatic carbocycles. The predicted octanol–water partition coefficient (Wildman–Crippen LogP) is -0.444. The normalized spacial score (nSPS) is 13.4. The van der Waals surface area contributed by atoms with Crippen molar-refractivity contribution >= 4 is 11.9 Å². The Hall–Kier alpha value is -1.92. The van der Waals surface area contributed by atoms with Gasteiger partial charge in [-0.2, -0.15) is 0 Å². The molecule has 1 aromatic rings. The van der Waals surface area contributed by atoms with Crippen molar-refractivity contribution in [3.05, 3.63) is 35.9 Å². The highest BCUT2D eigenvalue weighted by atomic mass is 16.5. The van der Waals surface area contributed by atoms with Crippen molar-refractivity contribution in [3.8, 4) is 0 Å². The number of aryl methyl sites for hydroxylation is 1. The molecule has 6 heteroatoms. The Balaban J connectivity index is 2.74. The van der Waals surface area contributed by atoms with E-state index >= 15 is 0 Å². The molecule has 0 radical (unpaired) electrons. The molecule has 0 aromatic heterocycles. The Bertz CT molecular complexity index is 436. The highest BCUT2D eigenvalue weighted by Crippen LogP contribution is 2.13. The van der Waals surface area contributed by atoms with Gasteiger partial charge in [0.15, 0.2) is 0 Å². The molecule has 6 nitrogen and oxygen atoms in total. The molecule has 1 atom stereocenters.